The van der Waals surface area contributed by atoms with Crippen LogP contribution in [0.4, 0.5) is 0 Å². The Balaban J connectivity index is 0.00000289. The van der Waals surface area contributed by atoms with Gasteiger partial charge < -0.3 is 19.5 Å². The summed E-state index contributed by atoms with van der Waals surface area (Å²) in [6.07, 6.45) is 6.51. The lowest BCUT2D eigenvalue weighted by atomic mass is 10.1. The summed E-state index contributed by atoms with van der Waals surface area (Å²) in [5, 5.41) is 14.0. The van der Waals surface area contributed by atoms with E-state index >= 15 is 0 Å². The maximum absolute atomic E-state index is 5.90. The predicted molar refractivity (Wildman–Crippen MR) is 140 cm³/mol. The smallest absolute Gasteiger partial charge is 0.194 e. The molecule has 2 aliphatic rings. The van der Waals surface area contributed by atoms with Crippen LogP contribution in [0.5, 0.6) is 0 Å². The SMILES string of the molecule is CCc1nncn1CCNC(=NCC1CCCCO1)N1CCN(Cc2cccs2)CC1.I. The van der Waals surface area contributed by atoms with E-state index in [0.29, 0.717) is 0 Å². The van der Waals surface area contributed by atoms with E-state index in [2.05, 4.69) is 54.3 Å². The summed E-state index contributed by atoms with van der Waals surface area (Å²) in [5.41, 5.74) is 0. The van der Waals surface area contributed by atoms with Gasteiger partial charge in [0.2, 0.25) is 0 Å². The average molecular weight is 574 g/mol. The maximum Gasteiger partial charge on any atom is 0.194 e. The van der Waals surface area contributed by atoms with Gasteiger partial charge in [-0.05, 0) is 30.7 Å². The highest BCUT2D eigenvalue weighted by atomic mass is 127. The van der Waals surface area contributed by atoms with Crippen molar-refractivity contribution in [1.29, 1.82) is 0 Å². The van der Waals surface area contributed by atoms with Crippen molar-refractivity contribution in [3.05, 3.63) is 34.5 Å². The zero-order valence-electron chi connectivity index (χ0n) is 19.0. The second-order valence-electron chi connectivity index (χ2n) is 8.22. The fraction of sp³-hybridized carbons (Fsp3) is 0.682. The summed E-state index contributed by atoms with van der Waals surface area (Å²) in [6.45, 7) is 10.5. The van der Waals surface area contributed by atoms with E-state index in [-0.39, 0.29) is 30.1 Å². The molecule has 0 saturated carbocycles. The molecule has 10 heteroatoms. The van der Waals surface area contributed by atoms with Gasteiger partial charge in [0.1, 0.15) is 12.2 Å². The summed E-state index contributed by atoms with van der Waals surface area (Å²) >= 11 is 1.84. The second-order valence-corrected chi connectivity index (χ2v) is 9.25. The third kappa shape index (κ3) is 7.39. The molecule has 8 nitrogen and oxygen atoms in total. The molecule has 0 radical (unpaired) electrons. The number of guanidine groups is 1. The summed E-state index contributed by atoms with van der Waals surface area (Å²) in [5.74, 6) is 2.04. The lowest BCUT2D eigenvalue weighted by Gasteiger charge is -2.36. The first-order valence-electron chi connectivity index (χ1n) is 11.6. The van der Waals surface area contributed by atoms with Gasteiger partial charge in [-0.15, -0.1) is 45.5 Å². The van der Waals surface area contributed by atoms with Gasteiger partial charge in [-0.25, -0.2) is 0 Å². The highest BCUT2D eigenvalue weighted by Crippen LogP contribution is 2.15. The molecular weight excluding hydrogens is 537 g/mol. The minimum Gasteiger partial charge on any atom is -0.376 e. The van der Waals surface area contributed by atoms with Crippen molar-refractivity contribution in [2.24, 2.45) is 4.99 Å². The number of hydrogen-bond donors (Lipinski definition) is 1. The number of aromatic nitrogens is 3. The third-order valence-corrected chi connectivity index (χ3v) is 6.86. The standard InChI is InChI=1S/C22H35N7OS.HI/c1-2-21-26-25-18-29(21)9-8-23-22(24-16-19-6-3-4-14-30-19)28-12-10-27(11-13-28)17-20-7-5-15-31-20;/h5,7,15,18-19H,2-4,6,8-14,16-17H2,1H3,(H,23,24);1H. The minimum atomic E-state index is 0. The molecule has 1 atom stereocenters. The van der Waals surface area contributed by atoms with Crippen LogP contribution >= 0.6 is 35.3 Å². The topological polar surface area (TPSA) is 70.8 Å². The third-order valence-electron chi connectivity index (χ3n) is 6.00. The molecule has 2 aromatic heterocycles. The fourth-order valence-electron chi connectivity index (χ4n) is 4.18. The van der Waals surface area contributed by atoms with Crippen LogP contribution in [0.15, 0.2) is 28.8 Å². The number of hydrogen-bond acceptors (Lipinski definition) is 6. The summed E-state index contributed by atoms with van der Waals surface area (Å²) in [4.78, 5) is 11.4. The van der Waals surface area contributed by atoms with Gasteiger partial charge in [0.05, 0.1) is 12.6 Å². The molecule has 1 unspecified atom stereocenters. The number of aryl methyl sites for hydroxylation is 1. The zero-order valence-corrected chi connectivity index (χ0v) is 22.1. The van der Waals surface area contributed by atoms with Gasteiger partial charge in [0.15, 0.2) is 5.96 Å². The Morgan fingerprint density at radius 2 is 2.16 bits per heavy atom. The Labute approximate surface area is 212 Å². The lowest BCUT2D eigenvalue weighted by Crippen LogP contribution is -2.52. The van der Waals surface area contributed by atoms with Crippen molar-refractivity contribution in [3.63, 3.8) is 0 Å². The Bertz CT molecular complexity index is 799. The van der Waals surface area contributed by atoms with Crippen LogP contribution in [-0.2, 0) is 24.2 Å². The van der Waals surface area contributed by atoms with Crippen LogP contribution < -0.4 is 5.32 Å². The van der Waals surface area contributed by atoms with Crippen LogP contribution in [0, 0.1) is 0 Å². The monoisotopic (exact) mass is 573 g/mol. The zero-order chi connectivity index (χ0) is 21.3. The van der Waals surface area contributed by atoms with Crippen LogP contribution in [0.3, 0.4) is 0 Å². The first-order valence-corrected chi connectivity index (χ1v) is 12.5. The van der Waals surface area contributed by atoms with E-state index in [4.69, 9.17) is 9.73 Å². The summed E-state index contributed by atoms with van der Waals surface area (Å²) in [6, 6.07) is 4.36. The molecule has 4 heterocycles. The van der Waals surface area contributed by atoms with E-state index in [1.807, 2.05) is 17.7 Å². The minimum absolute atomic E-state index is 0. The number of nitrogens with one attached hydrogen (secondary N) is 1. The number of rotatable bonds is 8. The molecule has 1 N–H and O–H groups in total. The lowest BCUT2D eigenvalue weighted by molar-refractivity contribution is 0.0222. The molecule has 0 amide bonds. The quantitative estimate of drug-likeness (QED) is 0.298. The molecule has 32 heavy (non-hydrogen) atoms. The van der Waals surface area contributed by atoms with Crippen molar-refractivity contribution < 1.29 is 4.74 Å². The number of ether oxygens (including phenoxy) is 1. The summed E-state index contributed by atoms with van der Waals surface area (Å²) in [7, 11) is 0. The van der Waals surface area contributed by atoms with Crippen molar-refractivity contribution in [1.82, 2.24) is 29.9 Å². The van der Waals surface area contributed by atoms with E-state index in [1.54, 1.807) is 0 Å². The van der Waals surface area contributed by atoms with Gasteiger partial charge in [0.25, 0.3) is 0 Å². The van der Waals surface area contributed by atoms with E-state index in [1.165, 1.54) is 17.7 Å². The average Bonchev–Trinajstić information content (AvgIpc) is 3.49. The molecule has 0 bridgehead atoms. The van der Waals surface area contributed by atoms with Crippen molar-refractivity contribution in [2.45, 2.75) is 51.8 Å². The van der Waals surface area contributed by atoms with Gasteiger partial charge in [-0.2, -0.15) is 0 Å². The molecule has 2 saturated heterocycles. The van der Waals surface area contributed by atoms with Crippen molar-refractivity contribution >= 4 is 41.3 Å². The fourth-order valence-corrected chi connectivity index (χ4v) is 4.92. The van der Waals surface area contributed by atoms with Crippen molar-refractivity contribution in [2.75, 3.05) is 45.9 Å². The van der Waals surface area contributed by atoms with E-state index < -0.39 is 0 Å². The van der Waals surface area contributed by atoms with Crippen molar-refractivity contribution in [3.8, 4) is 0 Å². The first kappa shape index (κ1) is 25.4. The van der Waals surface area contributed by atoms with Crippen LogP contribution in [-0.4, -0.2) is 82.5 Å². The molecule has 2 aromatic rings. The second kappa shape index (κ2) is 13.5. The number of aliphatic imine (C=N–C) groups is 1. The number of thiophene rings is 1. The van der Waals surface area contributed by atoms with Gasteiger partial charge >= 0.3 is 0 Å². The summed E-state index contributed by atoms with van der Waals surface area (Å²) < 4.78 is 8.02. The maximum atomic E-state index is 5.90. The number of halogens is 1. The highest BCUT2D eigenvalue weighted by molar-refractivity contribution is 14.0. The van der Waals surface area contributed by atoms with Crippen LogP contribution in [0.1, 0.15) is 36.9 Å². The van der Waals surface area contributed by atoms with Gasteiger partial charge in [-0.3, -0.25) is 9.89 Å². The molecular formula is C22H36IN7OS. The normalized spacial score (nSPS) is 20.2. The van der Waals surface area contributed by atoms with Crippen LogP contribution in [0.2, 0.25) is 0 Å². The predicted octanol–water partition coefficient (Wildman–Crippen LogP) is 2.85. The Morgan fingerprint density at radius 1 is 1.28 bits per heavy atom. The number of piperazine rings is 1. The molecule has 178 valence electrons. The van der Waals surface area contributed by atoms with E-state index in [0.717, 1.165) is 83.6 Å². The molecule has 2 aliphatic heterocycles. The van der Waals surface area contributed by atoms with E-state index in [9.17, 15) is 0 Å². The molecule has 2 fully saturated rings. The molecule has 4 rings (SSSR count). The highest BCUT2D eigenvalue weighted by Gasteiger charge is 2.21. The molecule has 0 aliphatic carbocycles. The number of nitrogens with zero attached hydrogens (tertiary/aromatic N) is 6. The van der Waals surface area contributed by atoms with Crippen LogP contribution in [0.25, 0.3) is 0 Å². The van der Waals surface area contributed by atoms with Gasteiger partial charge in [-0.1, -0.05) is 13.0 Å². The Kier molecular flexibility index (Phi) is 10.7. The largest absolute Gasteiger partial charge is 0.376 e. The molecule has 0 spiro atoms. The van der Waals surface area contributed by atoms with Gasteiger partial charge in [0, 0.05) is 63.7 Å². The first-order chi connectivity index (χ1) is 15.3. The molecule has 0 aromatic carbocycles. The Hall–Kier alpha value is -1.24. The Morgan fingerprint density at radius 3 is 2.88 bits per heavy atom.